The van der Waals surface area contributed by atoms with Crippen molar-refractivity contribution in [3.8, 4) is 0 Å². The third kappa shape index (κ3) is 6.03. The Morgan fingerprint density at radius 2 is 2.19 bits per heavy atom. The number of amides is 2. The van der Waals surface area contributed by atoms with Crippen LogP contribution in [0.3, 0.4) is 0 Å². The zero-order valence-corrected chi connectivity index (χ0v) is 13.5. The summed E-state index contributed by atoms with van der Waals surface area (Å²) in [6, 6.07) is 1.91. The van der Waals surface area contributed by atoms with Gasteiger partial charge in [-0.2, -0.15) is 11.3 Å². The summed E-state index contributed by atoms with van der Waals surface area (Å²) in [6.45, 7) is 1.02. The van der Waals surface area contributed by atoms with Crippen LogP contribution in [-0.2, 0) is 4.79 Å². The lowest BCUT2D eigenvalue weighted by molar-refractivity contribution is -0.122. The van der Waals surface area contributed by atoms with Crippen molar-refractivity contribution in [2.75, 3.05) is 13.1 Å². The van der Waals surface area contributed by atoms with Gasteiger partial charge in [0.15, 0.2) is 0 Å². The Bertz CT molecular complexity index is 449. The molecule has 0 saturated heterocycles. The fourth-order valence-corrected chi connectivity index (χ4v) is 2.73. The second-order valence-corrected chi connectivity index (χ2v) is 5.90. The molecule has 118 valence electrons. The molecule has 1 saturated carbocycles. The predicted octanol–water partition coefficient (Wildman–Crippen LogP) is 1.53. The average Bonchev–Trinajstić information content (AvgIpc) is 3.14. The first-order chi connectivity index (χ1) is 9.70. The zero-order valence-electron chi connectivity index (χ0n) is 11.8. The van der Waals surface area contributed by atoms with Gasteiger partial charge in [0, 0.05) is 36.5 Å². The van der Waals surface area contributed by atoms with E-state index >= 15 is 0 Å². The van der Waals surface area contributed by atoms with Gasteiger partial charge in [0.25, 0.3) is 5.91 Å². The highest BCUT2D eigenvalue weighted by atomic mass is 35.5. The Morgan fingerprint density at radius 1 is 1.43 bits per heavy atom. The van der Waals surface area contributed by atoms with E-state index in [4.69, 9.17) is 5.73 Å². The number of halogens is 1. The maximum Gasteiger partial charge on any atom is 0.252 e. The van der Waals surface area contributed by atoms with Crippen LogP contribution in [0.15, 0.2) is 16.8 Å². The Balaban J connectivity index is 0.00000220. The van der Waals surface area contributed by atoms with E-state index in [0.29, 0.717) is 37.4 Å². The molecule has 5 nitrogen and oxygen atoms in total. The van der Waals surface area contributed by atoms with Crippen molar-refractivity contribution in [1.29, 1.82) is 0 Å². The monoisotopic (exact) mass is 331 g/mol. The van der Waals surface area contributed by atoms with Gasteiger partial charge in [-0.15, -0.1) is 12.4 Å². The summed E-state index contributed by atoms with van der Waals surface area (Å²) >= 11 is 1.49. The molecule has 0 aliphatic heterocycles. The first kappa shape index (κ1) is 17.9. The lowest BCUT2D eigenvalue weighted by atomic mass is 10.1. The van der Waals surface area contributed by atoms with Crippen molar-refractivity contribution in [1.82, 2.24) is 10.6 Å². The molecular weight excluding hydrogens is 310 g/mol. The van der Waals surface area contributed by atoms with E-state index in [-0.39, 0.29) is 30.3 Å². The standard InChI is InChI=1S/C14H21N3O2S.ClH/c15-8-12(10-3-4-10)17-13(18)2-1-6-16-14(19)11-5-7-20-9-11;/h5,7,9-10,12H,1-4,6,8,15H2,(H,16,19)(H,17,18);1H. The molecule has 1 aromatic rings. The van der Waals surface area contributed by atoms with Crippen LogP contribution in [-0.4, -0.2) is 30.9 Å². The lowest BCUT2D eigenvalue weighted by Crippen LogP contribution is -2.41. The molecule has 7 heteroatoms. The topological polar surface area (TPSA) is 84.2 Å². The van der Waals surface area contributed by atoms with Crippen LogP contribution >= 0.6 is 23.7 Å². The van der Waals surface area contributed by atoms with Crippen molar-refractivity contribution in [2.24, 2.45) is 11.7 Å². The second-order valence-electron chi connectivity index (χ2n) is 5.12. The van der Waals surface area contributed by atoms with Gasteiger partial charge in [-0.25, -0.2) is 0 Å². The zero-order chi connectivity index (χ0) is 14.4. The summed E-state index contributed by atoms with van der Waals surface area (Å²) < 4.78 is 0. The Kier molecular flexibility index (Phi) is 7.71. The third-order valence-corrected chi connectivity index (χ3v) is 4.12. The number of rotatable bonds is 8. The SMILES string of the molecule is Cl.NCC(NC(=O)CCCNC(=O)c1ccsc1)C1CC1. The Hall–Kier alpha value is -1.11. The Morgan fingerprint density at radius 3 is 2.76 bits per heavy atom. The van der Waals surface area contributed by atoms with Crippen molar-refractivity contribution < 1.29 is 9.59 Å². The minimum absolute atomic E-state index is 0. The predicted molar refractivity (Wildman–Crippen MR) is 86.8 cm³/mol. The molecule has 2 amide bonds. The van der Waals surface area contributed by atoms with Crippen LogP contribution in [0.1, 0.15) is 36.0 Å². The molecule has 0 aromatic carbocycles. The Labute approximate surface area is 135 Å². The van der Waals surface area contributed by atoms with Crippen LogP contribution in [0.5, 0.6) is 0 Å². The summed E-state index contributed by atoms with van der Waals surface area (Å²) in [5.74, 6) is 0.517. The van der Waals surface area contributed by atoms with Gasteiger partial charge in [0.2, 0.25) is 5.91 Å². The normalized spacial score (nSPS) is 14.9. The summed E-state index contributed by atoms with van der Waals surface area (Å²) in [4.78, 5) is 23.4. The van der Waals surface area contributed by atoms with Gasteiger partial charge in [0.1, 0.15) is 0 Å². The minimum atomic E-state index is -0.0792. The summed E-state index contributed by atoms with van der Waals surface area (Å²) in [5.41, 5.74) is 6.32. The molecule has 1 aliphatic carbocycles. The molecule has 1 aromatic heterocycles. The molecule has 2 rings (SSSR count). The summed E-state index contributed by atoms with van der Waals surface area (Å²) in [7, 11) is 0. The number of nitrogens with two attached hydrogens (primary N) is 1. The van der Waals surface area contributed by atoms with E-state index in [1.54, 1.807) is 6.07 Å². The molecular formula is C14H22ClN3O2S. The highest BCUT2D eigenvalue weighted by Gasteiger charge is 2.30. The first-order valence-electron chi connectivity index (χ1n) is 7.00. The van der Waals surface area contributed by atoms with Crippen molar-refractivity contribution >= 4 is 35.6 Å². The van der Waals surface area contributed by atoms with Gasteiger partial charge >= 0.3 is 0 Å². The fourth-order valence-electron chi connectivity index (χ4n) is 2.09. The molecule has 1 fully saturated rings. The minimum Gasteiger partial charge on any atom is -0.352 e. The number of carbonyl (C=O) groups excluding carboxylic acids is 2. The molecule has 4 N–H and O–H groups in total. The molecule has 1 atom stereocenters. The van der Waals surface area contributed by atoms with Gasteiger partial charge in [0.05, 0.1) is 0 Å². The van der Waals surface area contributed by atoms with Crippen LogP contribution in [0.25, 0.3) is 0 Å². The average molecular weight is 332 g/mol. The molecule has 1 aliphatic rings. The van der Waals surface area contributed by atoms with E-state index in [1.165, 1.54) is 24.2 Å². The van der Waals surface area contributed by atoms with E-state index < -0.39 is 0 Å². The third-order valence-electron chi connectivity index (χ3n) is 3.44. The van der Waals surface area contributed by atoms with Crippen LogP contribution in [0.2, 0.25) is 0 Å². The smallest absolute Gasteiger partial charge is 0.252 e. The van der Waals surface area contributed by atoms with Gasteiger partial charge in [-0.05, 0) is 36.6 Å². The molecule has 0 bridgehead atoms. The quantitative estimate of drug-likeness (QED) is 0.632. The van der Waals surface area contributed by atoms with E-state index in [2.05, 4.69) is 10.6 Å². The number of nitrogens with one attached hydrogen (secondary N) is 2. The van der Waals surface area contributed by atoms with Crippen molar-refractivity contribution in [2.45, 2.75) is 31.7 Å². The highest BCUT2D eigenvalue weighted by molar-refractivity contribution is 7.08. The van der Waals surface area contributed by atoms with Gasteiger partial charge in [-0.3, -0.25) is 9.59 Å². The molecule has 0 spiro atoms. The van der Waals surface area contributed by atoms with Crippen molar-refractivity contribution in [3.63, 3.8) is 0 Å². The van der Waals surface area contributed by atoms with Gasteiger partial charge < -0.3 is 16.4 Å². The number of carbonyl (C=O) groups is 2. The number of hydrogen-bond donors (Lipinski definition) is 3. The van der Waals surface area contributed by atoms with E-state index in [1.807, 2.05) is 10.8 Å². The fraction of sp³-hybridized carbons (Fsp3) is 0.571. The molecule has 1 unspecified atom stereocenters. The summed E-state index contributed by atoms with van der Waals surface area (Å²) in [6.07, 6.45) is 3.40. The maximum absolute atomic E-state index is 11.7. The number of thiophene rings is 1. The van der Waals surface area contributed by atoms with Crippen molar-refractivity contribution in [3.05, 3.63) is 22.4 Å². The molecule has 0 radical (unpaired) electrons. The van der Waals surface area contributed by atoms with E-state index in [0.717, 1.165) is 0 Å². The largest absolute Gasteiger partial charge is 0.352 e. The summed E-state index contributed by atoms with van der Waals surface area (Å²) in [5, 5.41) is 9.45. The second kappa shape index (κ2) is 9.02. The van der Waals surface area contributed by atoms with Gasteiger partial charge in [-0.1, -0.05) is 0 Å². The van der Waals surface area contributed by atoms with Crippen LogP contribution in [0, 0.1) is 5.92 Å². The van der Waals surface area contributed by atoms with Crippen LogP contribution in [0.4, 0.5) is 0 Å². The first-order valence-corrected chi connectivity index (χ1v) is 7.95. The highest BCUT2D eigenvalue weighted by Crippen LogP contribution is 2.32. The lowest BCUT2D eigenvalue weighted by Gasteiger charge is -2.15. The number of hydrogen-bond acceptors (Lipinski definition) is 4. The van der Waals surface area contributed by atoms with Crippen LogP contribution < -0.4 is 16.4 Å². The van der Waals surface area contributed by atoms with E-state index in [9.17, 15) is 9.59 Å². The maximum atomic E-state index is 11.7. The molecule has 1 heterocycles. The molecule has 21 heavy (non-hydrogen) atoms.